The highest BCUT2D eigenvalue weighted by Crippen LogP contribution is 2.33. The van der Waals surface area contributed by atoms with Gasteiger partial charge in [0.15, 0.2) is 5.13 Å². The summed E-state index contributed by atoms with van der Waals surface area (Å²) in [6.07, 6.45) is 3.66. The van der Waals surface area contributed by atoms with Crippen LogP contribution in [0.2, 0.25) is 0 Å². The topological polar surface area (TPSA) is 46.3 Å². The number of carbonyl (C=O) groups is 1. The molecule has 7 heteroatoms. The number of furan rings is 1. The number of anilines is 1. The molecule has 4 nitrogen and oxygen atoms in total. The zero-order chi connectivity index (χ0) is 18.8. The number of nitrogens with zero attached hydrogens (tertiary/aromatic N) is 2. The third-order valence-electron chi connectivity index (χ3n) is 4.05. The highest BCUT2D eigenvalue weighted by molar-refractivity contribution is 9.10. The van der Waals surface area contributed by atoms with Gasteiger partial charge in [-0.15, -0.1) is 11.8 Å². The summed E-state index contributed by atoms with van der Waals surface area (Å²) < 4.78 is 7.47. The molecule has 0 bridgehead atoms. The molecule has 136 valence electrons. The first kappa shape index (κ1) is 18.3. The predicted octanol–water partition coefficient (Wildman–Crippen LogP) is 6.22. The second-order valence-corrected chi connectivity index (χ2v) is 8.61. The summed E-state index contributed by atoms with van der Waals surface area (Å²) in [6.45, 7) is 0.330. The summed E-state index contributed by atoms with van der Waals surface area (Å²) in [5.74, 6) is 0.604. The Bertz CT molecular complexity index is 1080. The summed E-state index contributed by atoms with van der Waals surface area (Å²) in [7, 11) is 0. The van der Waals surface area contributed by atoms with Crippen molar-refractivity contribution in [1.82, 2.24) is 4.98 Å². The number of benzene rings is 2. The van der Waals surface area contributed by atoms with E-state index in [2.05, 4.69) is 22.0 Å². The van der Waals surface area contributed by atoms with Gasteiger partial charge in [-0.3, -0.25) is 9.69 Å². The first-order chi connectivity index (χ1) is 13.1. The van der Waals surface area contributed by atoms with E-state index in [1.54, 1.807) is 35.1 Å². The number of halogens is 1. The van der Waals surface area contributed by atoms with Gasteiger partial charge in [0.05, 0.1) is 23.0 Å². The Morgan fingerprint density at radius 1 is 1.22 bits per heavy atom. The Labute approximate surface area is 173 Å². The number of thiazole rings is 1. The monoisotopic (exact) mass is 458 g/mol. The molecule has 0 N–H and O–H groups in total. The molecule has 0 spiro atoms. The molecular formula is C20H15BrN2O2S2. The fraction of sp³-hybridized carbons (Fsp3) is 0.100. The van der Waals surface area contributed by atoms with E-state index < -0.39 is 0 Å². The molecule has 0 atom stereocenters. The van der Waals surface area contributed by atoms with Crippen molar-refractivity contribution in [2.24, 2.45) is 0 Å². The van der Waals surface area contributed by atoms with E-state index in [9.17, 15) is 4.79 Å². The van der Waals surface area contributed by atoms with Crippen LogP contribution in [0, 0.1) is 0 Å². The summed E-state index contributed by atoms with van der Waals surface area (Å²) >= 11 is 6.61. The smallest absolute Gasteiger partial charge is 0.260 e. The van der Waals surface area contributed by atoms with Gasteiger partial charge in [0.1, 0.15) is 5.76 Å². The van der Waals surface area contributed by atoms with Crippen LogP contribution in [-0.2, 0) is 6.54 Å². The largest absolute Gasteiger partial charge is 0.467 e. The summed E-state index contributed by atoms with van der Waals surface area (Å²) in [5.41, 5.74) is 1.50. The number of hydrogen-bond acceptors (Lipinski definition) is 5. The van der Waals surface area contributed by atoms with Crippen LogP contribution in [-0.4, -0.2) is 17.1 Å². The minimum Gasteiger partial charge on any atom is -0.467 e. The van der Waals surface area contributed by atoms with Crippen LogP contribution in [0.3, 0.4) is 0 Å². The lowest BCUT2D eigenvalue weighted by atomic mass is 10.2. The molecule has 1 amide bonds. The molecule has 0 fully saturated rings. The molecule has 0 radical (unpaired) electrons. The van der Waals surface area contributed by atoms with Gasteiger partial charge >= 0.3 is 0 Å². The van der Waals surface area contributed by atoms with Gasteiger partial charge in [-0.05, 0) is 60.9 Å². The average Bonchev–Trinajstić information content (AvgIpc) is 3.34. The number of amides is 1. The molecule has 27 heavy (non-hydrogen) atoms. The van der Waals surface area contributed by atoms with Gasteiger partial charge in [-0.1, -0.05) is 27.3 Å². The van der Waals surface area contributed by atoms with Crippen molar-refractivity contribution < 1.29 is 9.21 Å². The Morgan fingerprint density at radius 3 is 2.74 bits per heavy atom. The van der Waals surface area contributed by atoms with Crippen molar-refractivity contribution in [2.75, 3.05) is 11.2 Å². The van der Waals surface area contributed by atoms with Gasteiger partial charge in [-0.2, -0.15) is 0 Å². The first-order valence-electron chi connectivity index (χ1n) is 8.18. The molecule has 4 rings (SSSR count). The van der Waals surface area contributed by atoms with Gasteiger partial charge in [-0.25, -0.2) is 4.98 Å². The highest BCUT2D eigenvalue weighted by Gasteiger charge is 2.22. The molecule has 0 saturated carbocycles. The molecule has 4 aromatic rings. The number of hydrogen-bond donors (Lipinski definition) is 0. The fourth-order valence-electron chi connectivity index (χ4n) is 2.67. The van der Waals surface area contributed by atoms with E-state index in [-0.39, 0.29) is 5.91 Å². The Balaban J connectivity index is 1.75. The zero-order valence-electron chi connectivity index (χ0n) is 14.4. The van der Waals surface area contributed by atoms with Crippen molar-refractivity contribution >= 4 is 60.3 Å². The third kappa shape index (κ3) is 3.95. The van der Waals surface area contributed by atoms with Gasteiger partial charge < -0.3 is 4.42 Å². The van der Waals surface area contributed by atoms with E-state index in [0.29, 0.717) is 23.0 Å². The van der Waals surface area contributed by atoms with Crippen molar-refractivity contribution in [2.45, 2.75) is 11.4 Å². The quantitative estimate of drug-likeness (QED) is 0.333. The van der Waals surface area contributed by atoms with Crippen molar-refractivity contribution in [3.63, 3.8) is 0 Å². The van der Waals surface area contributed by atoms with Crippen molar-refractivity contribution in [3.05, 3.63) is 76.7 Å². The molecule has 0 saturated heterocycles. The van der Waals surface area contributed by atoms with Crippen molar-refractivity contribution in [3.8, 4) is 0 Å². The predicted molar refractivity (Wildman–Crippen MR) is 115 cm³/mol. The lowest BCUT2D eigenvalue weighted by Gasteiger charge is -2.18. The standard InChI is InChI=1S/C20H15BrN2O2S2/c1-26-16-8-9-17-18(11-16)27-20(22-17)23(12-15-3-2-10-25-15)19(24)13-4-6-14(21)7-5-13/h2-11H,12H2,1H3. The van der Waals surface area contributed by atoms with Crippen LogP contribution in [0.5, 0.6) is 0 Å². The highest BCUT2D eigenvalue weighted by atomic mass is 79.9. The maximum absolute atomic E-state index is 13.2. The molecule has 0 aliphatic rings. The summed E-state index contributed by atoms with van der Waals surface area (Å²) in [6, 6.07) is 17.2. The molecule has 2 aromatic heterocycles. The van der Waals surface area contributed by atoms with Crippen LogP contribution in [0.1, 0.15) is 16.1 Å². The third-order valence-corrected chi connectivity index (χ3v) is 6.34. The minimum atomic E-state index is -0.108. The van der Waals surface area contributed by atoms with Gasteiger partial charge in [0.25, 0.3) is 5.91 Å². The number of rotatable bonds is 5. The van der Waals surface area contributed by atoms with E-state index >= 15 is 0 Å². The van der Waals surface area contributed by atoms with Crippen LogP contribution < -0.4 is 4.90 Å². The van der Waals surface area contributed by atoms with Gasteiger partial charge in [0, 0.05) is 14.9 Å². The second kappa shape index (κ2) is 7.88. The first-order valence-corrected chi connectivity index (χ1v) is 11.0. The number of aromatic nitrogens is 1. The molecule has 2 heterocycles. The fourth-order valence-corrected chi connectivity index (χ4v) is 4.45. The maximum atomic E-state index is 13.2. The normalized spacial score (nSPS) is 11.0. The van der Waals surface area contributed by atoms with Crippen LogP contribution in [0.25, 0.3) is 10.2 Å². The Hall–Kier alpha value is -2.09. The van der Waals surface area contributed by atoms with E-state index in [0.717, 1.165) is 14.7 Å². The SMILES string of the molecule is CSc1ccc2nc(N(Cc3ccco3)C(=O)c3ccc(Br)cc3)sc2c1. The number of carbonyl (C=O) groups excluding carboxylic acids is 1. The molecule has 0 aliphatic heterocycles. The lowest BCUT2D eigenvalue weighted by molar-refractivity contribution is 0.0983. The van der Waals surface area contributed by atoms with Crippen LogP contribution >= 0.6 is 39.0 Å². The summed E-state index contributed by atoms with van der Waals surface area (Å²) in [5, 5.41) is 0.660. The number of thioether (sulfide) groups is 1. The molecule has 0 aliphatic carbocycles. The van der Waals surface area contributed by atoms with E-state index in [1.165, 1.54) is 16.2 Å². The average molecular weight is 459 g/mol. The van der Waals surface area contributed by atoms with Crippen LogP contribution in [0.4, 0.5) is 5.13 Å². The molecule has 0 unspecified atom stereocenters. The van der Waals surface area contributed by atoms with E-state index in [4.69, 9.17) is 9.40 Å². The Kier molecular flexibility index (Phi) is 5.33. The lowest BCUT2D eigenvalue weighted by Crippen LogP contribution is -2.30. The molecule has 2 aromatic carbocycles. The minimum absolute atomic E-state index is 0.108. The Morgan fingerprint density at radius 2 is 2.04 bits per heavy atom. The number of fused-ring (bicyclic) bond motifs is 1. The van der Waals surface area contributed by atoms with Crippen molar-refractivity contribution in [1.29, 1.82) is 0 Å². The van der Waals surface area contributed by atoms with Crippen LogP contribution in [0.15, 0.2) is 74.6 Å². The van der Waals surface area contributed by atoms with E-state index in [1.807, 2.05) is 42.7 Å². The second-order valence-electron chi connectivity index (χ2n) is 5.81. The maximum Gasteiger partial charge on any atom is 0.260 e. The summed E-state index contributed by atoms with van der Waals surface area (Å²) in [4.78, 5) is 20.8. The molecular weight excluding hydrogens is 444 g/mol. The van der Waals surface area contributed by atoms with Gasteiger partial charge in [0.2, 0.25) is 0 Å². The zero-order valence-corrected chi connectivity index (χ0v) is 17.6.